The third-order valence-electron chi connectivity index (χ3n) is 2.49. The second-order valence-corrected chi connectivity index (χ2v) is 3.14. The van der Waals surface area contributed by atoms with E-state index < -0.39 is 0 Å². The summed E-state index contributed by atoms with van der Waals surface area (Å²) in [5.74, 6) is 1.55. The van der Waals surface area contributed by atoms with Crippen LogP contribution in [-0.2, 0) is 0 Å². The molecular weight excluding hydrogens is 112 g/mol. The molecule has 0 saturated heterocycles. The average molecular weight is 128 g/mol. The molecule has 0 aromatic heterocycles. The Hall–Kier alpha value is -0.0400. The first kappa shape index (κ1) is 7.07. The van der Waals surface area contributed by atoms with E-state index in [2.05, 4.69) is 6.92 Å². The van der Waals surface area contributed by atoms with Crippen molar-refractivity contribution in [2.45, 2.75) is 32.6 Å². The van der Waals surface area contributed by atoms with Gasteiger partial charge in [-0.2, -0.15) is 0 Å². The van der Waals surface area contributed by atoms with Gasteiger partial charge in [0.15, 0.2) is 0 Å². The Balaban J connectivity index is 2.20. The summed E-state index contributed by atoms with van der Waals surface area (Å²) >= 11 is 0. The first-order valence-electron chi connectivity index (χ1n) is 3.97. The minimum Gasteiger partial charge on any atom is -0.396 e. The second kappa shape index (κ2) is 3.21. The molecule has 1 rings (SSSR count). The van der Waals surface area contributed by atoms with Gasteiger partial charge in [0.05, 0.1) is 0 Å². The summed E-state index contributed by atoms with van der Waals surface area (Å²) in [5.41, 5.74) is 0. The lowest BCUT2D eigenvalue weighted by Gasteiger charge is -2.04. The van der Waals surface area contributed by atoms with Crippen molar-refractivity contribution < 1.29 is 5.11 Å². The number of hydrogen-bond acceptors (Lipinski definition) is 1. The van der Waals surface area contributed by atoms with Gasteiger partial charge in [0.25, 0.3) is 0 Å². The summed E-state index contributed by atoms with van der Waals surface area (Å²) in [6.45, 7) is 2.65. The average Bonchev–Trinajstić information content (AvgIpc) is 2.34. The molecule has 1 saturated carbocycles. The smallest absolute Gasteiger partial charge is 0.0459 e. The Morgan fingerprint density at radius 2 is 2.00 bits per heavy atom. The van der Waals surface area contributed by atoms with E-state index in [9.17, 15) is 0 Å². The van der Waals surface area contributed by atoms with Crippen LogP contribution in [-0.4, -0.2) is 11.7 Å². The van der Waals surface area contributed by atoms with Gasteiger partial charge >= 0.3 is 0 Å². The number of aliphatic hydroxyl groups excluding tert-OH is 1. The van der Waals surface area contributed by atoms with Gasteiger partial charge in [-0.05, 0) is 24.7 Å². The standard InChI is InChI=1S/C8H16O/c1-2-7-3-4-8(5-7)6-9/h7-9H,2-6H2,1H3/t7?,8-/m0/s1. The zero-order chi connectivity index (χ0) is 6.69. The van der Waals surface area contributed by atoms with E-state index in [0.29, 0.717) is 12.5 Å². The maximum Gasteiger partial charge on any atom is 0.0459 e. The van der Waals surface area contributed by atoms with E-state index in [1.165, 1.54) is 25.7 Å². The van der Waals surface area contributed by atoms with Crippen LogP contribution < -0.4 is 0 Å². The molecule has 1 unspecified atom stereocenters. The van der Waals surface area contributed by atoms with Gasteiger partial charge in [-0.3, -0.25) is 0 Å². The molecular formula is C8H16O. The van der Waals surface area contributed by atoms with Crippen molar-refractivity contribution in [1.29, 1.82) is 0 Å². The van der Waals surface area contributed by atoms with Crippen LogP contribution in [0.5, 0.6) is 0 Å². The lowest BCUT2D eigenvalue weighted by atomic mass is 10.0. The molecule has 1 N–H and O–H groups in total. The monoisotopic (exact) mass is 128 g/mol. The molecule has 0 aromatic rings. The first-order valence-corrected chi connectivity index (χ1v) is 3.97. The van der Waals surface area contributed by atoms with Gasteiger partial charge < -0.3 is 5.11 Å². The van der Waals surface area contributed by atoms with E-state index in [1.807, 2.05) is 0 Å². The van der Waals surface area contributed by atoms with E-state index >= 15 is 0 Å². The largest absolute Gasteiger partial charge is 0.396 e. The highest BCUT2D eigenvalue weighted by Gasteiger charge is 2.21. The fourth-order valence-corrected chi connectivity index (χ4v) is 1.72. The molecule has 1 aliphatic carbocycles. The third-order valence-corrected chi connectivity index (χ3v) is 2.49. The molecule has 0 aliphatic heterocycles. The number of rotatable bonds is 2. The Kier molecular flexibility index (Phi) is 2.52. The highest BCUT2D eigenvalue weighted by atomic mass is 16.3. The number of hydrogen-bond donors (Lipinski definition) is 1. The zero-order valence-corrected chi connectivity index (χ0v) is 6.14. The molecule has 1 aliphatic rings. The van der Waals surface area contributed by atoms with E-state index in [0.717, 1.165) is 5.92 Å². The van der Waals surface area contributed by atoms with Crippen molar-refractivity contribution in [3.05, 3.63) is 0 Å². The Morgan fingerprint density at radius 3 is 2.33 bits per heavy atom. The van der Waals surface area contributed by atoms with Crippen LogP contribution in [0.25, 0.3) is 0 Å². The fraction of sp³-hybridized carbons (Fsp3) is 1.00. The maximum atomic E-state index is 8.78. The SMILES string of the molecule is CCC1CC[C@H](CO)C1. The van der Waals surface area contributed by atoms with Crippen molar-refractivity contribution >= 4 is 0 Å². The van der Waals surface area contributed by atoms with Gasteiger partial charge in [0.2, 0.25) is 0 Å². The zero-order valence-electron chi connectivity index (χ0n) is 6.14. The van der Waals surface area contributed by atoms with Crippen LogP contribution in [0.2, 0.25) is 0 Å². The van der Waals surface area contributed by atoms with Gasteiger partial charge in [-0.15, -0.1) is 0 Å². The lowest BCUT2D eigenvalue weighted by molar-refractivity contribution is 0.226. The highest BCUT2D eigenvalue weighted by Crippen LogP contribution is 2.32. The molecule has 0 bridgehead atoms. The highest BCUT2D eigenvalue weighted by molar-refractivity contribution is 4.73. The predicted molar refractivity (Wildman–Crippen MR) is 38.2 cm³/mol. The fourth-order valence-electron chi connectivity index (χ4n) is 1.72. The van der Waals surface area contributed by atoms with Gasteiger partial charge in [-0.1, -0.05) is 19.8 Å². The molecule has 2 atom stereocenters. The molecule has 1 fully saturated rings. The molecule has 0 amide bonds. The molecule has 0 radical (unpaired) electrons. The third kappa shape index (κ3) is 1.68. The van der Waals surface area contributed by atoms with Crippen molar-refractivity contribution in [3.8, 4) is 0 Å². The summed E-state index contributed by atoms with van der Waals surface area (Å²) in [7, 11) is 0. The Labute approximate surface area is 57.1 Å². The van der Waals surface area contributed by atoms with Crippen LogP contribution in [0.15, 0.2) is 0 Å². The van der Waals surface area contributed by atoms with Gasteiger partial charge in [0, 0.05) is 6.61 Å². The van der Waals surface area contributed by atoms with Crippen LogP contribution >= 0.6 is 0 Å². The second-order valence-electron chi connectivity index (χ2n) is 3.14. The van der Waals surface area contributed by atoms with Crippen LogP contribution in [0.4, 0.5) is 0 Å². The number of aliphatic hydroxyl groups is 1. The van der Waals surface area contributed by atoms with Gasteiger partial charge in [0.1, 0.15) is 0 Å². The van der Waals surface area contributed by atoms with Crippen molar-refractivity contribution in [2.75, 3.05) is 6.61 Å². The van der Waals surface area contributed by atoms with E-state index in [1.54, 1.807) is 0 Å². The summed E-state index contributed by atoms with van der Waals surface area (Å²) in [5, 5.41) is 8.78. The van der Waals surface area contributed by atoms with Crippen molar-refractivity contribution in [2.24, 2.45) is 11.8 Å². The minimum atomic E-state index is 0.413. The van der Waals surface area contributed by atoms with Crippen molar-refractivity contribution in [3.63, 3.8) is 0 Å². The topological polar surface area (TPSA) is 20.2 Å². The Bertz CT molecular complexity index is 70.6. The lowest BCUT2D eigenvalue weighted by Crippen LogP contribution is -2.00. The molecule has 54 valence electrons. The quantitative estimate of drug-likeness (QED) is 0.601. The van der Waals surface area contributed by atoms with Gasteiger partial charge in [-0.25, -0.2) is 0 Å². The molecule has 1 heteroatoms. The van der Waals surface area contributed by atoms with Crippen molar-refractivity contribution in [1.82, 2.24) is 0 Å². The maximum absolute atomic E-state index is 8.78. The first-order chi connectivity index (χ1) is 4.36. The summed E-state index contributed by atoms with van der Waals surface area (Å²) < 4.78 is 0. The van der Waals surface area contributed by atoms with Crippen LogP contribution in [0.1, 0.15) is 32.6 Å². The van der Waals surface area contributed by atoms with E-state index in [-0.39, 0.29) is 0 Å². The van der Waals surface area contributed by atoms with E-state index in [4.69, 9.17) is 5.11 Å². The van der Waals surface area contributed by atoms with Crippen LogP contribution in [0, 0.1) is 11.8 Å². The minimum absolute atomic E-state index is 0.413. The summed E-state index contributed by atoms with van der Waals surface area (Å²) in [6.07, 6.45) is 5.18. The normalized spacial score (nSPS) is 35.3. The predicted octanol–water partition coefficient (Wildman–Crippen LogP) is 1.80. The van der Waals surface area contributed by atoms with Crippen LogP contribution in [0.3, 0.4) is 0 Å². The molecule has 0 heterocycles. The molecule has 0 aromatic carbocycles. The molecule has 0 spiro atoms. The molecule has 9 heavy (non-hydrogen) atoms. The summed E-state index contributed by atoms with van der Waals surface area (Å²) in [6, 6.07) is 0. The Morgan fingerprint density at radius 1 is 1.33 bits per heavy atom. The molecule has 1 nitrogen and oxygen atoms in total. The summed E-state index contributed by atoms with van der Waals surface area (Å²) in [4.78, 5) is 0.